The first-order valence-electron chi connectivity index (χ1n) is 3.74. The first kappa shape index (κ1) is 12.7. The number of hydrogen-bond donors (Lipinski definition) is 0. The van der Waals surface area contributed by atoms with E-state index >= 15 is 0 Å². The third-order valence-corrected chi connectivity index (χ3v) is 4.54. The molecule has 0 fully saturated rings. The van der Waals surface area contributed by atoms with Crippen molar-refractivity contribution in [1.29, 1.82) is 0 Å². The van der Waals surface area contributed by atoms with Gasteiger partial charge in [-0.1, -0.05) is 23.7 Å². The maximum Gasteiger partial charge on any atom is 0.333 e. The summed E-state index contributed by atoms with van der Waals surface area (Å²) < 4.78 is 42.3. The minimum absolute atomic E-state index is 0.00315. The van der Waals surface area contributed by atoms with Gasteiger partial charge in [0.25, 0.3) is 0 Å². The predicted molar refractivity (Wildman–Crippen MR) is 55.7 cm³/mol. The molecule has 0 bridgehead atoms. The van der Waals surface area contributed by atoms with Crippen molar-refractivity contribution in [1.82, 2.24) is 0 Å². The fraction of sp³-hybridized carbons (Fsp3) is 0.143. The van der Waals surface area contributed by atoms with Gasteiger partial charge in [-0.25, -0.2) is 0 Å². The monoisotopic (exact) mass is 270 g/mol. The lowest BCUT2D eigenvalue weighted by Crippen LogP contribution is -2.02. The van der Waals surface area contributed by atoms with E-state index in [1.54, 1.807) is 6.07 Å². The van der Waals surface area contributed by atoms with E-state index in [0.717, 1.165) is 7.11 Å². The number of benzene rings is 1. The van der Waals surface area contributed by atoms with Crippen molar-refractivity contribution in [3.8, 4) is 0 Å². The van der Waals surface area contributed by atoms with Crippen LogP contribution in [0.15, 0.2) is 29.2 Å². The van der Waals surface area contributed by atoms with Crippen molar-refractivity contribution in [3.05, 3.63) is 29.3 Å². The van der Waals surface area contributed by atoms with Crippen LogP contribution in [-0.4, -0.2) is 15.5 Å². The zero-order chi connectivity index (χ0) is 11.5. The highest BCUT2D eigenvalue weighted by molar-refractivity contribution is 7.89. The van der Waals surface area contributed by atoms with Gasteiger partial charge >= 0.3 is 18.4 Å². The quantitative estimate of drug-likeness (QED) is 0.784. The van der Waals surface area contributed by atoms with Gasteiger partial charge in [-0.15, -0.1) is 0 Å². The lowest BCUT2D eigenvalue weighted by atomic mass is 10.4. The fourth-order valence-corrected chi connectivity index (χ4v) is 3.14. The molecule has 0 aromatic heterocycles. The second-order valence-electron chi connectivity index (χ2n) is 2.42. The summed E-state index contributed by atoms with van der Waals surface area (Å²) >= 11 is 5.64. The van der Waals surface area contributed by atoms with Crippen LogP contribution in [0.5, 0.6) is 0 Å². The van der Waals surface area contributed by atoms with Gasteiger partial charge in [-0.2, -0.15) is 12.4 Å². The van der Waals surface area contributed by atoms with Gasteiger partial charge in [0.1, 0.15) is 4.90 Å². The highest BCUT2D eigenvalue weighted by Crippen LogP contribution is 2.31. The van der Waals surface area contributed by atoms with E-state index in [1.807, 2.05) is 0 Å². The van der Waals surface area contributed by atoms with Crippen molar-refractivity contribution < 1.29 is 21.5 Å². The smallest absolute Gasteiger partial charge is 0.313 e. The van der Waals surface area contributed by atoms with Crippen LogP contribution in [0, 0.1) is 0 Å². The Balaban J connectivity index is 3.07. The van der Waals surface area contributed by atoms with Crippen molar-refractivity contribution in [2.45, 2.75) is 4.90 Å². The predicted octanol–water partition coefficient (Wildman–Crippen LogP) is 2.08. The molecule has 1 atom stereocenters. The van der Waals surface area contributed by atoms with Gasteiger partial charge in [0.2, 0.25) is 0 Å². The Hall–Kier alpha value is -0.390. The molecule has 1 unspecified atom stereocenters. The second-order valence-corrected chi connectivity index (χ2v) is 5.75. The van der Waals surface area contributed by atoms with E-state index in [0.29, 0.717) is 0 Å². The molecule has 0 aliphatic rings. The lowest BCUT2D eigenvalue weighted by molar-refractivity contribution is 0.348. The summed E-state index contributed by atoms with van der Waals surface area (Å²) in [6.45, 7) is 0. The van der Waals surface area contributed by atoms with Gasteiger partial charge < -0.3 is 4.52 Å². The largest absolute Gasteiger partial charge is 0.333 e. The second kappa shape index (κ2) is 5.09. The van der Waals surface area contributed by atoms with Crippen LogP contribution >= 0.6 is 19.9 Å². The zero-order valence-electron chi connectivity index (χ0n) is 7.64. The molecule has 1 aromatic rings. The third-order valence-electron chi connectivity index (χ3n) is 1.45. The Bertz CT molecular complexity index is 472. The number of rotatable bonds is 4. The normalized spacial score (nSPS) is 13.7. The summed E-state index contributed by atoms with van der Waals surface area (Å²) in [4.78, 5) is -0.234. The Morgan fingerprint density at radius 3 is 2.47 bits per heavy atom. The molecule has 8 heteroatoms. The number of halogens is 1. The summed E-state index contributed by atoms with van der Waals surface area (Å²) in [6, 6.07) is 5.69. The Morgan fingerprint density at radius 2 is 1.93 bits per heavy atom. The van der Waals surface area contributed by atoms with Crippen molar-refractivity contribution in [2.24, 2.45) is 0 Å². The average molecular weight is 271 g/mol. The van der Waals surface area contributed by atoms with Crippen molar-refractivity contribution >= 4 is 30.0 Å². The molecule has 5 nitrogen and oxygen atoms in total. The molecular formula is C7H8ClO5PS. The Morgan fingerprint density at radius 1 is 1.33 bits per heavy atom. The fourth-order valence-electron chi connectivity index (χ4n) is 0.816. The van der Waals surface area contributed by atoms with Crippen molar-refractivity contribution in [2.75, 3.05) is 7.11 Å². The summed E-state index contributed by atoms with van der Waals surface area (Å²) in [5, 5.41) is 0.00315. The first-order valence-corrected chi connectivity index (χ1v) is 6.75. The molecule has 0 aliphatic heterocycles. The summed E-state index contributed by atoms with van der Waals surface area (Å²) in [5.74, 6) is 0. The number of hydrogen-bond acceptors (Lipinski definition) is 5. The van der Waals surface area contributed by atoms with E-state index in [9.17, 15) is 13.0 Å². The van der Waals surface area contributed by atoms with Gasteiger partial charge in [-0.3, -0.25) is 4.57 Å². The molecule has 0 saturated carbocycles. The zero-order valence-corrected chi connectivity index (χ0v) is 10.2. The molecule has 1 rings (SSSR count). The van der Waals surface area contributed by atoms with Gasteiger partial charge in [-0.05, 0) is 12.1 Å². The molecule has 0 spiro atoms. The van der Waals surface area contributed by atoms with Crippen LogP contribution in [0.3, 0.4) is 0 Å². The average Bonchev–Trinajstić information content (AvgIpc) is 2.17. The molecule has 84 valence electrons. The first-order chi connectivity index (χ1) is 6.97. The molecule has 0 radical (unpaired) electrons. The highest BCUT2D eigenvalue weighted by Gasteiger charge is 2.21. The molecule has 0 heterocycles. The minimum Gasteiger partial charge on any atom is -0.313 e. The van der Waals surface area contributed by atoms with Crippen molar-refractivity contribution in [3.63, 3.8) is 0 Å². The van der Waals surface area contributed by atoms with Crippen LogP contribution in [0.1, 0.15) is 0 Å². The minimum atomic E-state index is -4.13. The summed E-state index contributed by atoms with van der Waals surface area (Å²) in [7, 11) is -6.09. The van der Waals surface area contributed by atoms with E-state index < -0.39 is 18.4 Å². The van der Waals surface area contributed by atoms with E-state index in [1.165, 1.54) is 18.2 Å². The Kier molecular flexibility index (Phi) is 4.31. The summed E-state index contributed by atoms with van der Waals surface area (Å²) in [6.07, 6.45) is 0. The molecule has 0 saturated heterocycles. The lowest BCUT2D eigenvalue weighted by Gasteiger charge is -2.05. The SMILES string of the molecule is CO[PH](=O)OS(=O)(=O)c1ccccc1Cl. The molecule has 1 aromatic carbocycles. The molecule has 0 N–H and O–H groups in total. The highest BCUT2D eigenvalue weighted by atomic mass is 35.5. The van der Waals surface area contributed by atoms with Gasteiger partial charge in [0, 0.05) is 7.11 Å². The van der Waals surface area contributed by atoms with Gasteiger partial charge in [0.05, 0.1) is 5.02 Å². The van der Waals surface area contributed by atoms with Crippen LogP contribution in [0.25, 0.3) is 0 Å². The maximum atomic E-state index is 11.5. The van der Waals surface area contributed by atoms with Gasteiger partial charge in [0.15, 0.2) is 0 Å². The molecule has 0 aliphatic carbocycles. The summed E-state index contributed by atoms with van der Waals surface area (Å²) in [5.41, 5.74) is 0. The molecule has 15 heavy (non-hydrogen) atoms. The van der Waals surface area contributed by atoms with Crippen LogP contribution in [0.2, 0.25) is 5.02 Å². The molecular weight excluding hydrogens is 263 g/mol. The van der Waals surface area contributed by atoms with Crippen LogP contribution in [0.4, 0.5) is 0 Å². The van der Waals surface area contributed by atoms with Crippen LogP contribution < -0.4 is 0 Å². The van der Waals surface area contributed by atoms with E-state index in [4.69, 9.17) is 11.6 Å². The third kappa shape index (κ3) is 3.29. The Labute approximate surface area is 93.0 Å². The van der Waals surface area contributed by atoms with Crippen LogP contribution in [-0.2, 0) is 23.2 Å². The standard InChI is InChI=1S/C7H8ClO5PS/c1-12-14(9)13-15(10,11)7-5-3-2-4-6(7)8/h2-5,14H,1H3. The van der Waals surface area contributed by atoms with E-state index in [2.05, 4.69) is 8.49 Å². The molecule has 0 amide bonds. The van der Waals surface area contributed by atoms with E-state index in [-0.39, 0.29) is 9.92 Å². The topological polar surface area (TPSA) is 69.7 Å². The maximum absolute atomic E-state index is 11.5.